The second-order valence-corrected chi connectivity index (χ2v) is 7.03. The van der Waals surface area contributed by atoms with E-state index in [2.05, 4.69) is 29.2 Å². The topological polar surface area (TPSA) is 233 Å². The van der Waals surface area contributed by atoms with E-state index < -0.39 is 24.3 Å². The van der Waals surface area contributed by atoms with Gasteiger partial charge in [-0.3, -0.25) is 0 Å². The zero-order valence-corrected chi connectivity index (χ0v) is 21.0. The van der Waals surface area contributed by atoms with Crippen LogP contribution in [0, 0.1) is 0 Å². The molecule has 0 aromatic rings. The second kappa shape index (κ2) is 30.6. The zero-order valence-electron chi connectivity index (χ0n) is 21.0. The molecule has 0 heterocycles. The number of nitrogens with one attached hydrogen (secondary N) is 2. The molecule has 204 valence electrons. The minimum atomic E-state index is -0.926. The van der Waals surface area contributed by atoms with Crippen molar-refractivity contribution in [2.75, 3.05) is 52.5 Å². The van der Waals surface area contributed by atoms with Crippen molar-refractivity contribution in [2.45, 2.75) is 64.8 Å². The third-order valence-corrected chi connectivity index (χ3v) is 3.83. The average molecular weight is 496 g/mol. The van der Waals surface area contributed by atoms with Gasteiger partial charge >= 0.3 is 18.3 Å². The van der Waals surface area contributed by atoms with Crippen LogP contribution in [0.15, 0.2) is 0 Å². The number of alkyl carbamates (subject to hydrolysis) is 2. The summed E-state index contributed by atoms with van der Waals surface area (Å²) in [4.78, 5) is 33.4. The van der Waals surface area contributed by atoms with Crippen LogP contribution in [0.25, 0.3) is 0 Å². The molecule has 0 aromatic heterocycles. The van der Waals surface area contributed by atoms with Gasteiger partial charge in [0.1, 0.15) is 19.8 Å². The fraction of sp³-hybridized carbons (Fsp3) is 0.857. The second-order valence-electron chi connectivity index (χ2n) is 7.03. The standard InChI is InChI=1S/C13H27N5O6.2C4H11N/c14-4-2-1-3-10(18-13(21)23-7-5-15)9-24-12(20)17-6-8-22-11(16)19;2*1-2-3-4-5/h10H,1-9,14-15H2,(H2,16,19)(H,17,20)(H,18,21);2*2-5H2,1H3. The van der Waals surface area contributed by atoms with E-state index in [-0.39, 0.29) is 32.9 Å². The number of carbonyl (C=O) groups excluding carboxylic acids is 3. The van der Waals surface area contributed by atoms with Crippen molar-refractivity contribution in [3.05, 3.63) is 0 Å². The molecule has 12 N–H and O–H groups in total. The Hall–Kier alpha value is -2.35. The van der Waals surface area contributed by atoms with Crippen molar-refractivity contribution >= 4 is 18.3 Å². The van der Waals surface area contributed by atoms with E-state index in [4.69, 9.17) is 38.1 Å². The summed E-state index contributed by atoms with van der Waals surface area (Å²) in [6, 6.07) is -0.408. The van der Waals surface area contributed by atoms with Gasteiger partial charge in [-0.2, -0.15) is 0 Å². The third-order valence-electron chi connectivity index (χ3n) is 3.83. The molecule has 0 spiro atoms. The summed E-state index contributed by atoms with van der Waals surface area (Å²) in [5.41, 5.74) is 25.7. The number of hydrogen-bond donors (Lipinski definition) is 7. The summed E-state index contributed by atoms with van der Waals surface area (Å²) in [7, 11) is 0. The van der Waals surface area contributed by atoms with Crippen molar-refractivity contribution in [3.63, 3.8) is 0 Å². The Balaban J connectivity index is -0.000000799. The van der Waals surface area contributed by atoms with E-state index in [1.165, 1.54) is 25.7 Å². The maximum atomic E-state index is 11.5. The molecule has 13 heteroatoms. The lowest BCUT2D eigenvalue weighted by molar-refractivity contribution is 0.114. The molecular formula is C21H49N7O6. The number of rotatable bonds is 16. The molecule has 0 aromatic carbocycles. The number of hydrogen-bond acceptors (Lipinski definition) is 10. The largest absolute Gasteiger partial charge is 0.448 e. The van der Waals surface area contributed by atoms with Crippen molar-refractivity contribution in [3.8, 4) is 0 Å². The van der Waals surface area contributed by atoms with Crippen LogP contribution in [0.3, 0.4) is 0 Å². The van der Waals surface area contributed by atoms with Gasteiger partial charge in [0.2, 0.25) is 0 Å². The van der Waals surface area contributed by atoms with E-state index >= 15 is 0 Å². The molecule has 0 aliphatic heterocycles. The Bertz CT molecular complexity index is 463. The molecule has 0 radical (unpaired) electrons. The first kappa shape index (κ1) is 36.2. The minimum absolute atomic E-state index is 0.0369. The van der Waals surface area contributed by atoms with E-state index in [0.29, 0.717) is 13.0 Å². The summed E-state index contributed by atoms with van der Waals surface area (Å²) in [5, 5.41) is 4.97. The Morgan fingerprint density at radius 3 is 1.76 bits per heavy atom. The van der Waals surface area contributed by atoms with E-state index in [1.54, 1.807) is 0 Å². The van der Waals surface area contributed by atoms with Crippen LogP contribution in [-0.2, 0) is 14.2 Å². The van der Waals surface area contributed by atoms with Crippen LogP contribution >= 0.6 is 0 Å². The SMILES string of the molecule is CCCCN.CCCCN.NCCCCC(COC(=O)NCCOC(N)=O)NC(=O)OCCN. The van der Waals surface area contributed by atoms with Crippen molar-refractivity contribution < 1.29 is 28.6 Å². The molecular weight excluding hydrogens is 446 g/mol. The number of amides is 3. The smallest absolute Gasteiger partial charge is 0.407 e. The summed E-state index contributed by atoms with van der Waals surface area (Å²) in [6.45, 7) is 6.77. The Kier molecular flexibility index (Phi) is 32.7. The molecule has 0 fully saturated rings. The quantitative estimate of drug-likeness (QED) is 0.115. The number of ether oxygens (including phenoxy) is 3. The lowest BCUT2D eigenvalue weighted by Crippen LogP contribution is -2.41. The molecule has 0 aliphatic rings. The molecule has 0 rings (SSSR count). The molecule has 34 heavy (non-hydrogen) atoms. The van der Waals surface area contributed by atoms with Crippen LogP contribution in [0.2, 0.25) is 0 Å². The predicted molar refractivity (Wildman–Crippen MR) is 133 cm³/mol. The van der Waals surface area contributed by atoms with Gasteiger partial charge in [0.05, 0.1) is 12.6 Å². The average Bonchev–Trinajstić information content (AvgIpc) is 2.80. The summed E-state index contributed by atoms with van der Waals surface area (Å²) in [5.74, 6) is 0. The van der Waals surface area contributed by atoms with Crippen LogP contribution < -0.4 is 39.3 Å². The van der Waals surface area contributed by atoms with Crippen LogP contribution in [0.4, 0.5) is 14.4 Å². The highest BCUT2D eigenvalue weighted by molar-refractivity contribution is 5.68. The molecule has 0 saturated heterocycles. The van der Waals surface area contributed by atoms with Gasteiger partial charge in [0.15, 0.2) is 0 Å². The fourth-order valence-electron chi connectivity index (χ4n) is 2.03. The maximum Gasteiger partial charge on any atom is 0.407 e. The summed E-state index contributed by atoms with van der Waals surface area (Å²) >= 11 is 0. The Morgan fingerprint density at radius 2 is 1.32 bits per heavy atom. The van der Waals surface area contributed by atoms with Gasteiger partial charge in [0.25, 0.3) is 0 Å². The van der Waals surface area contributed by atoms with Crippen molar-refractivity contribution in [1.29, 1.82) is 0 Å². The van der Waals surface area contributed by atoms with E-state index in [0.717, 1.165) is 25.9 Å². The highest BCUT2D eigenvalue weighted by atomic mass is 16.6. The van der Waals surface area contributed by atoms with Crippen LogP contribution in [-0.4, -0.2) is 76.9 Å². The van der Waals surface area contributed by atoms with Crippen LogP contribution in [0.1, 0.15) is 58.8 Å². The summed E-state index contributed by atoms with van der Waals surface area (Å²) in [6.07, 6.45) is 4.63. The Labute approximate surface area is 204 Å². The highest BCUT2D eigenvalue weighted by Gasteiger charge is 2.15. The van der Waals surface area contributed by atoms with Crippen molar-refractivity contribution in [1.82, 2.24) is 10.6 Å². The number of primary amides is 1. The third kappa shape index (κ3) is 34.3. The highest BCUT2D eigenvalue weighted by Crippen LogP contribution is 2.02. The fourth-order valence-corrected chi connectivity index (χ4v) is 2.03. The maximum absolute atomic E-state index is 11.5. The first-order valence-electron chi connectivity index (χ1n) is 11.9. The first-order valence-corrected chi connectivity index (χ1v) is 11.9. The van der Waals surface area contributed by atoms with Crippen LogP contribution in [0.5, 0.6) is 0 Å². The monoisotopic (exact) mass is 495 g/mol. The van der Waals surface area contributed by atoms with E-state index in [9.17, 15) is 14.4 Å². The van der Waals surface area contributed by atoms with E-state index in [1.807, 2.05) is 0 Å². The minimum Gasteiger partial charge on any atom is -0.448 e. The molecule has 13 nitrogen and oxygen atoms in total. The predicted octanol–water partition coefficient (Wildman–Crippen LogP) is 0.481. The molecule has 3 amide bonds. The van der Waals surface area contributed by atoms with Gasteiger partial charge in [-0.1, -0.05) is 33.1 Å². The van der Waals surface area contributed by atoms with Gasteiger partial charge in [0, 0.05) is 6.54 Å². The number of unbranched alkanes of at least 4 members (excludes halogenated alkanes) is 3. The van der Waals surface area contributed by atoms with Gasteiger partial charge in [-0.05, 0) is 45.3 Å². The zero-order chi connectivity index (χ0) is 26.5. The first-order chi connectivity index (χ1) is 16.3. The molecule has 0 saturated carbocycles. The number of nitrogens with two attached hydrogens (primary N) is 5. The molecule has 1 unspecified atom stereocenters. The number of carbonyl (C=O) groups is 3. The van der Waals surface area contributed by atoms with Gasteiger partial charge < -0.3 is 53.5 Å². The Morgan fingerprint density at radius 1 is 0.735 bits per heavy atom. The van der Waals surface area contributed by atoms with Crippen molar-refractivity contribution in [2.24, 2.45) is 28.7 Å². The lowest BCUT2D eigenvalue weighted by Gasteiger charge is -2.18. The van der Waals surface area contributed by atoms with Gasteiger partial charge in [-0.25, -0.2) is 14.4 Å². The molecule has 0 bridgehead atoms. The summed E-state index contributed by atoms with van der Waals surface area (Å²) < 4.78 is 14.3. The normalized spacial score (nSPS) is 10.4. The van der Waals surface area contributed by atoms with Gasteiger partial charge in [-0.15, -0.1) is 0 Å². The lowest BCUT2D eigenvalue weighted by atomic mass is 10.1. The molecule has 1 atom stereocenters. The molecule has 0 aliphatic carbocycles.